The highest BCUT2D eigenvalue weighted by atomic mass is 35.5. The molecule has 3 aromatic carbocycles. The number of carbonyl (C=O) groups excluding carboxylic acids is 2. The molecule has 0 aromatic heterocycles. The predicted molar refractivity (Wildman–Crippen MR) is 153 cm³/mol. The number of fused-ring (bicyclic) bond motifs is 1. The first-order valence-electron chi connectivity index (χ1n) is 12.5. The first-order valence-corrected chi connectivity index (χ1v) is 14.7. The van der Waals surface area contributed by atoms with E-state index in [-0.39, 0.29) is 23.4 Å². The van der Waals surface area contributed by atoms with Crippen molar-refractivity contribution in [1.82, 2.24) is 14.5 Å². The van der Waals surface area contributed by atoms with Crippen molar-refractivity contribution < 1.29 is 18.0 Å². The molecule has 2 atom stereocenters. The van der Waals surface area contributed by atoms with E-state index in [0.717, 1.165) is 21.5 Å². The Balaban J connectivity index is 1.93. The maximum Gasteiger partial charge on any atom is 0.243 e. The largest absolute Gasteiger partial charge is 0.352 e. The molecule has 204 valence electrons. The molecule has 0 unspecified atom stereocenters. The number of hydrogen-bond donors (Lipinski definition) is 1. The molecule has 0 saturated carbocycles. The Morgan fingerprint density at radius 1 is 0.921 bits per heavy atom. The zero-order chi connectivity index (χ0) is 28.0. The molecule has 3 rings (SSSR count). The van der Waals surface area contributed by atoms with Crippen LogP contribution in [-0.2, 0) is 26.2 Å². The molecule has 3 aromatic rings. The van der Waals surface area contributed by atoms with Gasteiger partial charge in [-0.05, 0) is 54.8 Å². The van der Waals surface area contributed by atoms with Gasteiger partial charge in [0.2, 0.25) is 21.8 Å². The third-order valence-corrected chi connectivity index (χ3v) is 9.07. The topological polar surface area (TPSA) is 86.8 Å². The molecule has 0 saturated heterocycles. The first kappa shape index (κ1) is 29.9. The summed E-state index contributed by atoms with van der Waals surface area (Å²) in [6.07, 6.45) is 1.04. The summed E-state index contributed by atoms with van der Waals surface area (Å²) in [6, 6.07) is 16.3. The second kappa shape index (κ2) is 12.9. The fourth-order valence-corrected chi connectivity index (χ4v) is 5.76. The summed E-state index contributed by atoms with van der Waals surface area (Å²) in [4.78, 5) is 28.3. The molecule has 0 bridgehead atoms. The van der Waals surface area contributed by atoms with Crippen molar-refractivity contribution in [2.24, 2.45) is 0 Å². The molecule has 0 radical (unpaired) electrons. The number of likely N-dealkylation sites (N-methyl/N-ethyl adjacent to an activating group) is 1. The zero-order valence-corrected chi connectivity index (χ0v) is 24.3. The van der Waals surface area contributed by atoms with Crippen LogP contribution in [0.1, 0.15) is 39.2 Å². The van der Waals surface area contributed by atoms with Crippen molar-refractivity contribution >= 4 is 55.8 Å². The molecule has 2 amide bonds. The van der Waals surface area contributed by atoms with Gasteiger partial charge in [0.05, 0.1) is 11.4 Å². The Bertz CT molecular complexity index is 1390. The van der Waals surface area contributed by atoms with Crippen LogP contribution in [0.4, 0.5) is 0 Å². The van der Waals surface area contributed by atoms with Crippen LogP contribution in [0, 0.1) is 0 Å². The lowest BCUT2D eigenvalue weighted by Gasteiger charge is -2.33. The number of sulfonamides is 1. The molecule has 0 heterocycles. The summed E-state index contributed by atoms with van der Waals surface area (Å²) in [5, 5.41) is 5.31. The van der Waals surface area contributed by atoms with Crippen LogP contribution >= 0.6 is 23.2 Å². The minimum atomic E-state index is -3.99. The van der Waals surface area contributed by atoms with Gasteiger partial charge in [-0.15, -0.1) is 0 Å². The lowest BCUT2D eigenvalue weighted by molar-refractivity contribution is -0.141. The average molecular weight is 579 g/mol. The fraction of sp³-hybridized carbons (Fsp3) is 0.357. The monoisotopic (exact) mass is 577 g/mol. The number of halogens is 2. The van der Waals surface area contributed by atoms with E-state index < -0.39 is 28.5 Å². The highest BCUT2D eigenvalue weighted by Gasteiger charge is 2.33. The van der Waals surface area contributed by atoms with Crippen LogP contribution in [0.2, 0.25) is 10.0 Å². The molecule has 0 aliphatic carbocycles. The number of amides is 2. The minimum Gasteiger partial charge on any atom is -0.352 e. The Hall–Kier alpha value is -2.65. The standard InChI is InChI=1S/C28H33Cl2N3O4S/c1-5-19(3)31-28(35)26(6-2)33(17-23-24(29)12-9-13-25(23)30)27(34)18-32(4)38(36,37)22-15-14-20-10-7-8-11-21(20)16-22/h7-16,19,26H,5-6,17-18H2,1-4H3,(H,31,35)/t19-,26+/m1/s1. The van der Waals surface area contributed by atoms with E-state index >= 15 is 0 Å². The van der Waals surface area contributed by atoms with Crippen LogP contribution in [0.25, 0.3) is 10.8 Å². The lowest BCUT2D eigenvalue weighted by atomic mass is 10.1. The third-order valence-electron chi connectivity index (χ3n) is 6.56. The smallest absolute Gasteiger partial charge is 0.243 e. The summed E-state index contributed by atoms with van der Waals surface area (Å²) in [6.45, 7) is 5.11. The molecule has 38 heavy (non-hydrogen) atoms. The summed E-state index contributed by atoms with van der Waals surface area (Å²) in [5.74, 6) is -0.864. The molecule has 10 heteroatoms. The number of nitrogens with zero attached hydrogens (tertiary/aromatic N) is 2. The average Bonchev–Trinajstić information content (AvgIpc) is 2.89. The number of benzene rings is 3. The van der Waals surface area contributed by atoms with Gasteiger partial charge in [-0.2, -0.15) is 4.31 Å². The van der Waals surface area contributed by atoms with Gasteiger partial charge < -0.3 is 10.2 Å². The lowest BCUT2D eigenvalue weighted by Crippen LogP contribution is -2.53. The van der Waals surface area contributed by atoms with Crippen LogP contribution in [-0.4, -0.2) is 55.1 Å². The van der Waals surface area contributed by atoms with Gasteiger partial charge in [-0.3, -0.25) is 9.59 Å². The summed E-state index contributed by atoms with van der Waals surface area (Å²) in [7, 11) is -2.64. The minimum absolute atomic E-state index is 0.0480. The molecule has 0 spiro atoms. The molecule has 7 nitrogen and oxygen atoms in total. The fourth-order valence-electron chi connectivity index (χ4n) is 4.09. The Kier molecular flexibility index (Phi) is 10.2. The van der Waals surface area contributed by atoms with Crippen molar-refractivity contribution in [3.8, 4) is 0 Å². The van der Waals surface area contributed by atoms with E-state index in [1.807, 2.05) is 38.1 Å². The van der Waals surface area contributed by atoms with Gasteiger partial charge in [0.15, 0.2) is 0 Å². The molecule has 0 aliphatic rings. The second-order valence-corrected chi connectivity index (χ2v) is 12.1. The molecule has 0 fully saturated rings. The van der Waals surface area contributed by atoms with Gasteiger partial charge >= 0.3 is 0 Å². The van der Waals surface area contributed by atoms with Gasteiger partial charge in [0, 0.05) is 35.2 Å². The molecule has 0 aliphatic heterocycles. The van der Waals surface area contributed by atoms with Gasteiger partial charge in [-0.25, -0.2) is 8.42 Å². The summed E-state index contributed by atoms with van der Waals surface area (Å²) < 4.78 is 27.8. The van der Waals surface area contributed by atoms with Crippen molar-refractivity contribution in [3.05, 3.63) is 76.3 Å². The van der Waals surface area contributed by atoms with Crippen LogP contribution in [0.15, 0.2) is 65.6 Å². The van der Waals surface area contributed by atoms with Crippen LogP contribution in [0.3, 0.4) is 0 Å². The van der Waals surface area contributed by atoms with Gasteiger partial charge in [0.1, 0.15) is 6.04 Å². The van der Waals surface area contributed by atoms with Gasteiger partial charge in [0.25, 0.3) is 0 Å². The van der Waals surface area contributed by atoms with Crippen LogP contribution in [0.5, 0.6) is 0 Å². The van der Waals surface area contributed by atoms with Gasteiger partial charge in [-0.1, -0.05) is 73.4 Å². The van der Waals surface area contributed by atoms with Crippen molar-refractivity contribution in [2.45, 2.75) is 57.1 Å². The molecular formula is C28H33Cl2N3O4S. The van der Waals surface area contributed by atoms with Crippen molar-refractivity contribution in [2.75, 3.05) is 13.6 Å². The van der Waals surface area contributed by atoms with E-state index in [9.17, 15) is 18.0 Å². The molecular weight excluding hydrogens is 545 g/mol. The van der Waals surface area contributed by atoms with E-state index in [1.165, 1.54) is 18.0 Å². The highest BCUT2D eigenvalue weighted by Crippen LogP contribution is 2.27. The van der Waals surface area contributed by atoms with E-state index in [2.05, 4.69) is 5.32 Å². The maximum atomic E-state index is 13.7. The normalized spacial score (nSPS) is 13.3. The Labute approximate surface area is 234 Å². The maximum absolute atomic E-state index is 13.7. The number of hydrogen-bond acceptors (Lipinski definition) is 4. The molecule has 1 N–H and O–H groups in total. The first-order chi connectivity index (χ1) is 18.0. The van der Waals surface area contributed by atoms with E-state index in [0.29, 0.717) is 22.0 Å². The number of carbonyl (C=O) groups is 2. The van der Waals surface area contributed by atoms with Crippen LogP contribution < -0.4 is 5.32 Å². The van der Waals surface area contributed by atoms with E-state index in [4.69, 9.17) is 23.2 Å². The van der Waals surface area contributed by atoms with E-state index in [1.54, 1.807) is 37.3 Å². The quantitative estimate of drug-likeness (QED) is 0.326. The highest BCUT2D eigenvalue weighted by molar-refractivity contribution is 7.89. The zero-order valence-electron chi connectivity index (χ0n) is 21.9. The van der Waals surface area contributed by atoms with Crippen molar-refractivity contribution in [1.29, 1.82) is 0 Å². The third kappa shape index (κ3) is 6.86. The summed E-state index contributed by atoms with van der Waals surface area (Å²) >= 11 is 12.8. The Morgan fingerprint density at radius 2 is 1.55 bits per heavy atom. The summed E-state index contributed by atoms with van der Waals surface area (Å²) in [5.41, 5.74) is 0.485. The Morgan fingerprint density at radius 3 is 2.16 bits per heavy atom. The number of rotatable bonds is 11. The second-order valence-electron chi connectivity index (χ2n) is 9.23. The SMILES string of the molecule is CC[C@@H](C)NC(=O)[C@H](CC)N(Cc1c(Cl)cccc1Cl)C(=O)CN(C)S(=O)(=O)c1ccc2ccccc2c1. The van der Waals surface area contributed by atoms with Crippen molar-refractivity contribution in [3.63, 3.8) is 0 Å². The number of nitrogens with one attached hydrogen (secondary N) is 1. The predicted octanol–water partition coefficient (Wildman–Crippen LogP) is 5.49.